The number of guanidine groups is 1. The summed E-state index contributed by atoms with van der Waals surface area (Å²) in [4.78, 5) is 17.8. The molecule has 8 heteroatoms. The summed E-state index contributed by atoms with van der Waals surface area (Å²) < 4.78 is 10.7. The molecule has 154 valence electrons. The van der Waals surface area contributed by atoms with E-state index in [0.29, 0.717) is 31.5 Å². The molecule has 0 aromatic carbocycles. The van der Waals surface area contributed by atoms with Crippen LogP contribution in [0, 0.1) is 5.92 Å². The number of ether oxygens (including phenoxy) is 1. The number of carbonyl (C=O) groups is 1. The van der Waals surface area contributed by atoms with Crippen molar-refractivity contribution in [1.82, 2.24) is 20.7 Å². The number of amides is 1. The van der Waals surface area contributed by atoms with E-state index >= 15 is 0 Å². The van der Waals surface area contributed by atoms with Crippen LogP contribution in [0.2, 0.25) is 0 Å². The quantitative estimate of drug-likeness (QED) is 0.557. The number of hydrogen-bond acceptors (Lipinski definition) is 5. The van der Waals surface area contributed by atoms with Gasteiger partial charge in [-0.1, -0.05) is 25.9 Å². The van der Waals surface area contributed by atoms with Crippen molar-refractivity contribution in [3.8, 4) is 0 Å². The van der Waals surface area contributed by atoms with Gasteiger partial charge in [-0.15, -0.1) is 0 Å². The number of aliphatic imine (C=N–C) groups is 1. The molecule has 0 aliphatic carbocycles. The average Bonchev–Trinajstić information content (AvgIpc) is 3.02. The number of nitrogens with zero attached hydrogens (tertiary/aromatic N) is 3. The molecule has 0 bridgehead atoms. The lowest BCUT2D eigenvalue weighted by molar-refractivity contribution is 0.0278. The molecule has 1 aromatic rings. The molecular weight excluding hydrogens is 346 g/mol. The van der Waals surface area contributed by atoms with Crippen molar-refractivity contribution in [1.29, 1.82) is 0 Å². The second kappa shape index (κ2) is 10.2. The third kappa shape index (κ3) is 8.79. The molecule has 0 aliphatic heterocycles. The van der Waals surface area contributed by atoms with Crippen LogP contribution in [0.5, 0.6) is 0 Å². The molecule has 0 saturated carbocycles. The summed E-state index contributed by atoms with van der Waals surface area (Å²) in [7, 11) is 3.46. The Labute approximate surface area is 162 Å². The van der Waals surface area contributed by atoms with Gasteiger partial charge in [0.1, 0.15) is 5.60 Å². The van der Waals surface area contributed by atoms with Gasteiger partial charge in [-0.3, -0.25) is 4.99 Å². The molecule has 1 unspecified atom stereocenters. The molecule has 27 heavy (non-hydrogen) atoms. The van der Waals surface area contributed by atoms with Gasteiger partial charge in [0, 0.05) is 33.3 Å². The second-order valence-electron chi connectivity index (χ2n) is 8.15. The highest BCUT2D eigenvalue weighted by Crippen LogP contribution is 2.13. The SMILES string of the molecule is CN=C(NCc1cc(C(C)C)no1)NCC(C)CN(C)C(=O)OC(C)(C)C. The van der Waals surface area contributed by atoms with E-state index < -0.39 is 5.60 Å². The standard InChI is InChI=1S/C19H35N5O3/c1-13(2)16-9-15(27-23-16)11-22-17(20-7)21-10-14(3)12-24(8)18(25)26-19(4,5)6/h9,13-14H,10-12H2,1-8H3,(H2,20,21,22). The average molecular weight is 382 g/mol. The summed E-state index contributed by atoms with van der Waals surface area (Å²) in [5, 5.41) is 10.5. The van der Waals surface area contributed by atoms with Crippen LogP contribution < -0.4 is 10.6 Å². The van der Waals surface area contributed by atoms with Gasteiger partial charge in [-0.05, 0) is 32.6 Å². The van der Waals surface area contributed by atoms with Crippen molar-refractivity contribution < 1.29 is 14.1 Å². The Hall–Kier alpha value is -2.25. The normalized spacial score (nSPS) is 13.4. The van der Waals surface area contributed by atoms with Crippen molar-refractivity contribution in [3.05, 3.63) is 17.5 Å². The Morgan fingerprint density at radius 2 is 2.00 bits per heavy atom. The third-order valence-corrected chi connectivity index (χ3v) is 3.73. The summed E-state index contributed by atoms with van der Waals surface area (Å²) in [5.41, 5.74) is 0.447. The van der Waals surface area contributed by atoms with Crippen LogP contribution in [0.4, 0.5) is 4.79 Å². The van der Waals surface area contributed by atoms with Crippen LogP contribution >= 0.6 is 0 Å². The third-order valence-electron chi connectivity index (χ3n) is 3.73. The Morgan fingerprint density at radius 3 is 2.52 bits per heavy atom. The second-order valence-corrected chi connectivity index (χ2v) is 8.15. The first-order chi connectivity index (χ1) is 12.5. The van der Waals surface area contributed by atoms with Gasteiger partial charge in [-0.2, -0.15) is 0 Å². The zero-order chi connectivity index (χ0) is 20.6. The maximum atomic E-state index is 12.0. The minimum atomic E-state index is -0.491. The van der Waals surface area contributed by atoms with Crippen molar-refractivity contribution in [3.63, 3.8) is 0 Å². The first kappa shape index (κ1) is 22.8. The molecule has 2 N–H and O–H groups in total. The highest BCUT2D eigenvalue weighted by Gasteiger charge is 2.20. The highest BCUT2D eigenvalue weighted by molar-refractivity contribution is 5.79. The Kier molecular flexibility index (Phi) is 8.59. The fourth-order valence-electron chi connectivity index (χ4n) is 2.29. The fourth-order valence-corrected chi connectivity index (χ4v) is 2.29. The van der Waals surface area contributed by atoms with Crippen molar-refractivity contribution in [2.75, 3.05) is 27.2 Å². The van der Waals surface area contributed by atoms with Gasteiger partial charge in [0.15, 0.2) is 11.7 Å². The minimum absolute atomic E-state index is 0.221. The number of nitrogens with one attached hydrogen (secondary N) is 2. The monoisotopic (exact) mass is 381 g/mol. The minimum Gasteiger partial charge on any atom is -0.444 e. The lowest BCUT2D eigenvalue weighted by atomic mass is 10.1. The van der Waals surface area contributed by atoms with Crippen molar-refractivity contribution >= 4 is 12.1 Å². The summed E-state index contributed by atoms with van der Waals surface area (Å²) >= 11 is 0. The van der Waals surface area contributed by atoms with Crippen LogP contribution in [0.1, 0.15) is 58.9 Å². The maximum Gasteiger partial charge on any atom is 0.410 e. The van der Waals surface area contributed by atoms with Gasteiger partial charge in [0.2, 0.25) is 0 Å². The highest BCUT2D eigenvalue weighted by atomic mass is 16.6. The zero-order valence-corrected chi connectivity index (χ0v) is 17.9. The molecule has 0 radical (unpaired) electrons. The van der Waals surface area contributed by atoms with Crippen molar-refractivity contribution in [2.45, 2.75) is 59.6 Å². The molecule has 8 nitrogen and oxygen atoms in total. The van der Waals surface area contributed by atoms with E-state index in [1.54, 1.807) is 19.0 Å². The molecule has 1 rings (SSSR count). The van der Waals surface area contributed by atoms with E-state index in [1.807, 2.05) is 26.8 Å². The summed E-state index contributed by atoms with van der Waals surface area (Å²) in [5.74, 6) is 1.99. The van der Waals surface area contributed by atoms with Crippen LogP contribution in [0.15, 0.2) is 15.6 Å². The first-order valence-electron chi connectivity index (χ1n) is 9.36. The van der Waals surface area contributed by atoms with Gasteiger partial charge in [0.25, 0.3) is 0 Å². The smallest absolute Gasteiger partial charge is 0.410 e. The van der Waals surface area contributed by atoms with Crippen LogP contribution in [-0.2, 0) is 11.3 Å². The maximum absolute atomic E-state index is 12.0. The van der Waals surface area contributed by atoms with Crippen molar-refractivity contribution in [2.24, 2.45) is 10.9 Å². The number of rotatable bonds is 7. The Bertz CT molecular complexity index is 619. The molecule has 0 fully saturated rings. The molecule has 0 spiro atoms. The van der Waals surface area contributed by atoms with E-state index in [4.69, 9.17) is 9.26 Å². The largest absolute Gasteiger partial charge is 0.444 e. The van der Waals surface area contributed by atoms with Gasteiger partial charge in [-0.25, -0.2) is 4.79 Å². The fraction of sp³-hybridized carbons (Fsp3) is 0.737. The summed E-state index contributed by atoms with van der Waals surface area (Å²) in [6, 6.07) is 1.95. The summed E-state index contributed by atoms with van der Waals surface area (Å²) in [6.07, 6.45) is -0.317. The van der Waals surface area contributed by atoms with Gasteiger partial charge in [0.05, 0.1) is 12.2 Å². The molecule has 1 aromatic heterocycles. The number of carbonyl (C=O) groups excluding carboxylic acids is 1. The van der Waals surface area contributed by atoms with Crippen LogP contribution in [-0.4, -0.2) is 54.9 Å². The zero-order valence-electron chi connectivity index (χ0n) is 17.9. The first-order valence-corrected chi connectivity index (χ1v) is 9.36. The molecular formula is C19H35N5O3. The number of hydrogen-bond donors (Lipinski definition) is 2. The molecule has 0 aliphatic rings. The molecule has 1 heterocycles. The van der Waals surface area contributed by atoms with E-state index in [-0.39, 0.29) is 12.0 Å². The van der Waals surface area contributed by atoms with Gasteiger partial charge >= 0.3 is 6.09 Å². The predicted molar refractivity (Wildman–Crippen MR) is 107 cm³/mol. The lowest BCUT2D eigenvalue weighted by Gasteiger charge is -2.26. The number of aromatic nitrogens is 1. The van der Waals surface area contributed by atoms with Crippen LogP contribution in [0.25, 0.3) is 0 Å². The predicted octanol–water partition coefficient (Wildman–Crippen LogP) is 2.97. The molecule has 1 amide bonds. The van der Waals surface area contributed by atoms with E-state index in [1.165, 1.54) is 0 Å². The van der Waals surface area contributed by atoms with E-state index in [0.717, 1.165) is 11.5 Å². The topological polar surface area (TPSA) is 92.0 Å². The summed E-state index contributed by atoms with van der Waals surface area (Å²) in [6.45, 7) is 13.5. The Balaban J connectivity index is 2.39. The lowest BCUT2D eigenvalue weighted by Crippen LogP contribution is -2.42. The van der Waals surface area contributed by atoms with Gasteiger partial charge < -0.3 is 24.8 Å². The van der Waals surface area contributed by atoms with E-state index in [2.05, 4.69) is 41.6 Å². The Morgan fingerprint density at radius 1 is 1.33 bits per heavy atom. The molecule has 0 saturated heterocycles. The molecule has 1 atom stereocenters. The van der Waals surface area contributed by atoms with Crippen LogP contribution in [0.3, 0.4) is 0 Å². The van der Waals surface area contributed by atoms with E-state index in [9.17, 15) is 4.79 Å².